The lowest BCUT2D eigenvalue weighted by molar-refractivity contribution is 0.0888. The molecule has 4 heteroatoms. The summed E-state index contributed by atoms with van der Waals surface area (Å²) in [6.45, 7) is 5.10. The fraction of sp³-hybridized carbons (Fsp3) is 0.750. The Balaban J connectivity index is 1.98. The molecule has 1 saturated heterocycles. The van der Waals surface area contributed by atoms with Gasteiger partial charge in [-0.15, -0.1) is 0 Å². The minimum absolute atomic E-state index is 0.340. The third-order valence-electron chi connectivity index (χ3n) is 3.28. The zero-order valence-electron chi connectivity index (χ0n) is 9.89. The molecule has 1 unspecified atom stereocenters. The Morgan fingerprint density at radius 3 is 3.00 bits per heavy atom. The van der Waals surface area contributed by atoms with Crippen LogP contribution in [0.15, 0.2) is 12.4 Å². The summed E-state index contributed by atoms with van der Waals surface area (Å²) in [5.74, 6) is 0.389. The summed E-state index contributed by atoms with van der Waals surface area (Å²) in [6.07, 6.45) is 6.64. The maximum atomic E-state index is 10.2. The van der Waals surface area contributed by atoms with Crippen molar-refractivity contribution in [2.75, 3.05) is 13.1 Å². The van der Waals surface area contributed by atoms with Crippen LogP contribution >= 0.6 is 0 Å². The van der Waals surface area contributed by atoms with E-state index in [0.29, 0.717) is 5.92 Å². The second-order valence-electron chi connectivity index (χ2n) is 4.57. The summed E-state index contributed by atoms with van der Waals surface area (Å²) < 4.78 is 1.92. The van der Waals surface area contributed by atoms with E-state index in [2.05, 4.69) is 17.3 Å². The number of nitrogens with zero attached hydrogens (tertiary/aromatic N) is 2. The maximum absolute atomic E-state index is 10.2. The Kier molecular flexibility index (Phi) is 3.96. The van der Waals surface area contributed by atoms with Crippen molar-refractivity contribution in [2.24, 2.45) is 5.92 Å². The highest BCUT2D eigenvalue weighted by atomic mass is 16.3. The summed E-state index contributed by atoms with van der Waals surface area (Å²) in [5.41, 5.74) is 0.973. The largest absolute Gasteiger partial charge is 0.388 e. The number of aliphatic hydroxyl groups excluding tert-OH is 1. The third-order valence-corrected chi connectivity index (χ3v) is 3.28. The quantitative estimate of drug-likeness (QED) is 0.809. The molecule has 1 aromatic heterocycles. The molecule has 16 heavy (non-hydrogen) atoms. The zero-order chi connectivity index (χ0) is 11.4. The van der Waals surface area contributed by atoms with Crippen LogP contribution < -0.4 is 5.32 Å². The first-order valence-electron chi connectivity index (χ1n) is 6.22. The van der Waals surface area contributed by atoms with E-state index in [1.165, 1.54) is 0 Å². The van der Waals surface area contributed by atoms with Gasteiger partial charge in [-0.05, 0) is 38.3 Å². The van der Waals surface area contributed by atoms with Crippen LogP contribution in [0.1, 0.15) is 37.9 Å². The third kappa shape index (κ3) is 2.62. The van der Waals surface area contributed by atoms with E-state index in [-0.39, 0.29) is 6.10 Å². The van der Waals surface area contributed by atoms with Gasteiger partial charge in [0.2, 0.25) is 0 Å². The molecule has 0 amide bonds. The van der Waals surface area contributed by atoms with Crippen molar-refractivity contribution in [3.63, 3.8) is 0 Å². The average Bonchev–Trinajstić information content (AvgIpc) is 2.78. The minimum Gasteiger partial charge on any atom is -0.388 e. The van der Waals surface area contributed by atoms with Gasteiger partial charge in [0.05, 0.1) is 12.3 Å². The van der Waals surface area contributed by atoms with Gasteiger partial charge < -0.3 is 10.4 Å². The lowest BCUT2D eigenvalue weighted by Crippen LogP contribution is -2.30. The highest BCUT2D eigenvalue weighted by Crippen LogP contribution is 2.28. The van der Waals surface area contributed by atoms with Gasteiger partial charge in [-0.1, -0.05) is 6.92 Å². The summed E-state index contributed by atoms with van der Waals surface area (Å²) in [6, 6.07) is 0. The second kappa shape index (κ2) is 5.46. The molecule has 0 aromatic carbocycles. The van der Waals surface area contributed by atoms with E-state index < -0.39 is 0 Å². The number of aryl methyl sites for hydroxylation is 1. The Morgan fingerprint density at radius 1 is 1.56 bits per heavy atom. The number of piperidine rings is 1. The highest BCUT2D eigenvalue weighted by Gasteiger charge is 2.23. The van der Waals surface area contributed by atoms with Crippen molar-refractivity contribution in [1.82, 2.24) is 15.1 Å². The SMILES string of the molecule is CCCn1cc(C(O)C2CCNCC2)cn1. The van der Waals surface area contributed by atoms with Crippen LogP contribution in [0.2, 0.25) is 0 Å². The fourth-order valence-electron chi connectivity index (χ4n) is 2.32. The fourth-order valence-corrected chi connectivity index (χ4v) is 2.32. The molecule has 0 spiro atoms. The van der Waals surface area contributed by atoms with Gasteiger partial charge in [-0.3, -0.25) is 4.68 Å². The van der Waals surface area contributed by atoms with E-state index in [1.807, 2.05) is 17.1 Å². The Labute approximate surface area is 96.7 Å². The van der Waals surface area contributed by atoms with E-state index in [1.54, 1.807) is 0 Å². The van der Waals surface area contributed by atoms with E-state index in [0.717, 1.165) is 44.5 Å². The van der Waals surface area contributed by atoms with E-state index in [9.17, 15) is 5.11 Å². The molecular formula is C12H21N3O. The van der Waals surface area contributed by atoms with Crippen molar-refractivity contribution >= 4 is 0 Å². The average molecular weight is 223 g/mol. The molecule has 0 saturated carbocycles. The molecule has 2 N–H and O–H groups in total. The lowest BCUT2D eigenvalue weighted by atomic mass is 9.89. The number of rotatable bonds is 4. The molecular weight excluding hydrogens is 202 g/mol. The number of hydrogen-bond donors (Lipinski definition) is 2. The van der Waals surface area contributed by atoms with Crippen molar-refractivity contribution in [2.45, 2.75) is 38.8 Å². The predicted octanol–water partition coefficient (Wildman–Crippen LogP) is 1.33. The number of hydrogen-bond acceptors (Lipinski definition) is 3. The molecule has 90 valence electrons. The summed E-state index contributed by atoms with van der Waals surface area (Å²) in [7, 11) is 0. The highest BCUT2D eigenvalue weighted by molar-refractivity contribution is 5.09. The molecule has 4 nitrogen and oxygen atoms in total. The molecule has 1 aliphatic rings. The molecule has 2 heterocycles. The van der Waals surface area contributed by atoms with Gasteiger partial charge in [0, 0.05) is 18.3 Å². The monoisotopic (exact) mass is 223 g/mol. The first-order valence-corrected chi connectivity index (χ1v) is 6.22. The van der Waals surface area contributed by atoms with Crippen LogP contribution in [0.3, 0.4) is 0 Å². The van der Waals surface area contributed by atoms with Crippen LogP contribution in [-0.2, 0) is 6.54 Å². The summed E-state index contributed by atoms with van der Waals surface area (Å²) in [5, 5.41) is 17.8. The first-order chi connectivity index (χ1) is 7.81. The standard InChI is InChI=1S/C12H21N3O/c1-2-7-15-9-11(8-14-15)12(16)10-3-5-13-6-4-10/h8-10,12-13,16H,2-7H2,1H3. The second-order valence-corrected chi connectivity index (χ2v) is 4.57. The van der Waals surface area contributed by atoms with Crippen molar-refractivity contribution in [1.29, 1.82) is 0 Å². The molecule has 2 rings (SSSR count). The topological polar surface area (TPSA) is 50.1 Å². The van der Waals surface area contributed by atoms with Gasteiger partial charge in [0.1, 0.15) is 0 Å². The van der Waals surface area contributed by atoms with Crippen LogP contribution in [0.25, 0.3) is 0 Å². The van der Waals surface area contributed by atoms with Gasteiger partial charge in [-0.25, -0.2) is 0 Å². The van der Waals surface area contributed by atoms with Gasteiger partial charge in [-0.2, -0.15) is 5.10 Å². The van der Waals surface area contributed by atoms with Crippen LogP contribution in [0, 0.1) is 5.92 Å². The van der Waals surface area contributed by atoms with Gasteiger partial charge in [0.15, 0.2) is 0 Å². The number of aromatic nitrogens is 2. The molecule has 1 aromatic rings. The first kappa shape index (κ1) is 11.6. The Hall–Kier alpha value is -0.870. The van der Waals surface area contributed by atoms with E-state index in [4.69, 9.17) is 0 Å². The predicted molar refractivity (Wildman–Crippen MR) is 63.1 cm³/mol. The summed E-state index contributed by atoms with van der Waals surface area (Å²) in [4.78, 5) is 0. The normalized spacial score (nSPS) is 19.9. The van der Waals surface area contributed by atoms with Crippen LogP contribution in [0.4, 0.5) is 0 Å². The van der Waals surface area contributed by atoms with Crippen LogP contribution in [-0.4, -0.2) is 28.0 Å². The number of nitrogens with one attached hydrogen (secondary N) is 1. The van der Waals surface area contributed by atoms with Crippen molar-refractivity contribution in [3.05, 3.63) is 18.0 Å². The van der Waals surface area contributed by atoms with E-state index >= 15 is 0 Å². The van der Waals surface area contributed by atoms with Crippen LogP contribution in [0.5, 0.6) is 0 Å². The molecule has 0 aliphatic carbocycles. The lowest BCUT2D eigenvalue weighted by Gasteiger charge is -2.26. The van der Waals surface area contributed by atoms with Gasteiger partial charge in [0.25, 0.3) is 0 Å². The zero-order valence-corrected chi connectivity index (χ0v) is 9.89. The Bertz CT molecular complexity index is 318. The number of aliphatic hydroxyl groups is 1. The molecule has 1 atom stereocenters. The maximum Gasteiger partial charge on any atom is 0.0849 e. The minimum atomic E-state index is -0.340. The molecule has 0 bridgehead atoms. The smallest absolute Gasteiger partial charge is 0.0849 e. The Morgan fingerprint density at radius 2 is 2.31 bits per heavy atom. The summed E-state index contributed by atoms with van der Waals surface area (Å²) >= 11 is 0. The molecule has 1 aliphatic heterocycles. The van der Waals surface area contributed by atoms with Gasteiger partial charge >= 0.3 is 0 Å². The molecule has 0 radical (unpaired) electrons. The van der Waals surface area contributed by atoms with Crippen molar-refractivity contribution < 1.29 is 5.11 Å². The van der Waals surface area contributed by atoms with Crippen molar-refractivity contribution in [3.8, 4) is 0 Å². The molecule has 1 fully saturated rings.